The van der Waals surface area contributed by atoms with Gasteiger partial charge >= 0.3 is 5.97 Å². The monoisotopic (exact) mass is 413 g/mol. The highest BCUT2D eigenvalue weighted by atomic mass is 16.5. The van der Waals surface area contributed by atoms with Crippen molar-refractivity contribution in [3.63, 3.8) is 0 Å². The van der Waals surface area contributed by atoms with E-state index in [2.05, 4.69) is 45.7 Å². The first kappa shape index (κ1) is 22.3. The van der Waals surface area contributed by atoms with Gasteiger partial charge in [-0.05, 0) is 63.2 Å². The maximum absolute atomic E-state index is 12.5. The molecule has 1 fully saturated rings. The highest BCUT2D eigenvalue weighted by molar-refractivity contribution is 5.85. The smallest absolute Gasteiger partial charge is 0.307 e. The average molecular weight is 414 g/mol. The Labute approximate surface area is 179 Å². The van der Waals surface area contributed by atoms with E-state index >= 15 is 0 Å². The standard InChI is InChI=1S/C24H35N3O3/c1-3-30-23(28)10-14-26-24(29)18(2)16-20-17-27(22-7-5-4-6-21(20)22)15-11-19-8-12-25-13-9-19/h4-7,17-19,25H,3,8-16H2,1-2H3,(H,26,29). The van der Waals surface area contributed by atoms with E-state index in [9.17, 15) is 9.59 Å². The minimum absolute atomic E-state index is 0.0224. The summed E-state index contributed by atoms with van der Waals surface area (Å²) in [4.78, 5) is 23.9. The molecule has 0 aliphatic carbocycles. The number of esters is 1. The average Bonchev–Trinajstić information content (AvgIpc) is 3.10. The summed E-state index contributed by atoms with van der Waals surface area (Å²) in [6.45, 7) is 7.69. The zero-order valence-electron chi connectivity index (χ0n) is 18.3. The van der Waals surface area contributed by atoms with Crippen LogP contribution in [0.4, 0.5) is 0 Å². The molecule has 0 bridgehead atoms. The number of hydrogen-bond donors (Lipinski definition) is 2. The topological polar surface area (TPSA) is 72.4 Å². The number of nitrogens with one attached hydrogen (secondary N) is 2. The summed E-state index contributed by atoms with van der Waals surface area (Å²) in [6, 6.07) is 8.47. The summed E-state index contributed by atoms with van der Waals surface area (Å²) in [5.74, 6) is 0.337. The van der Waals surface area contributed by atoms with Gasteiger partial charge in [0.05, 0.1) is 13.0 Å². The van der Waals surface area contributed by atoms with E-state index < -0.39 is 0 Å². The van der Waals surface area contributed by atoms with Crippen LogP contribution in [0.1, 0.15) is 45.1 Å². The summed E-state index contributed by atoms with van der Waals surface area (Å²) < 4.78 is 7.26. The number of fused-ring (bicyclic) bond motifs is 1. The van der Waals surface area contributed by atoms with E-state index in [1.165, 1.54) is 35.7 Å². The number of carbonyl (C=O) groups excluding carboxylic acids is 2. The number of aryl methyl sites for hydroxylation is 1. The highest BCUT2D eigenvalue weighted by Crippen LogP contribution is 2.26. The van der Waals surface area contributed by atoms with Gasteiger partial charge in [-0.3, -0.25) is 9.59 Å². The Morgan fingerprint density at radius 2 is 2.03 bits per heavy atom. The van der Waals surface area contributed by atoms with E-state index in [0.29, 0.717) is 19.6 Å². The van der Waals surface area contributed by atoms with Gasteiger partial charge in [-0.1, -0.05) is 25.1 Å². The summed E-state index contributed by atoms with van der Waals surface area (Å²) in [6.07, 6.45) is 6.84. The Hall–Kier alpha value is -2.34. The van der Waals surface area contributed by atoms with Crippen molar-refractivity contribution in [1.82, 2.24) is 15.2 Å². The first-order valence-corrected chi connectivity index (χ1v) is 11.3. The Kier molecular flexibility index (Phi) is 8.31. The van der Waals surface area contributed by atoms with E-state index in [0.717, 1.165) is 25.6 Å². The van der Waals surface area contributed by atoms with Crippen molar-refractivity contribution >= 4 is 22.8 Å². The first-order valence-electron chi connectivity index (χ1n) is 11.3. The molecule has 0 saturated carbocycles. The highest BCUT2D eigenvalue weighted by Gasteiger charge is 2.18. The minimum Gasteiger partial charge on any atom is -0.466 e. The van der Waals surface area contributed by atoms with Gasteiger partial charge < -0.3 is 19.9 Å². The quantitative estimate of drug-likeness (QED) is 0.587. The van der Waals surface area contributed by atoms with E-state index in [1.54, 1.807) is 6.92 Å². The number of benzene rings is 1. The fourth-order valence-corrected chi connectivity index (χ4v) is 4.28. The van der Waals surface area contributed by atoms with Gasteiger partial charge in [0.15, 0.2) is 0 Å². The molecular formula is C24H35N3O3. The maximum Gasteiger partial charge on any atom is 0.307 e. The predicted octanol–water partition coefficient (Wildman–Crippen LogP) is 3.28. The number of hydrogen-bond acceptors (Lipinski definition) is 4. The summed E-state index contributed by atoms with van der Waals surface area (Å²) in [5, 5.41) is 7.53. The second-order valence-electron chi connectivity index (χ2n) is 8.30. The number of ether oxygens (including phenoxy) is 1. The van der Waals surface area contributed by atoms with Gasteiger partial charge in [0.2, 0.25) is 5.91 Å². The molecule has 1 aromatic carbocycles. The zero-order valence-corrected chi connectivity index (χ0v) is 18.3. The van der Waals surface area contributed by atoms with Gasteiger partial charge in [-0.25, -0.2) is 0 Å². The van der Waals surface area contributed by atoms with E-state index in [-0.39, 0.29) is 24.2 Å². The lowest BCUT2D eigenvalue weighted by Crippen LogP contribution is -2.32. The molecule has 2 N–H and O–H groups in total. The Balaban J connectivity index is 1.59. The van der Waals surface area contributed by atoms with E-state index in [4.69, 9.17) is 4.74 Å². The molecule has 0 spiro atoms. The molecule has 1 aromatic heterocycles. The second-order valence-corrected chi connectivity index (χ2v) is 8.30. The summed E-state index contributed by atoms with van der Waals surface area (Å²) in [5.41, 5.74) is 2.46. The lowest BCUT2D eigenvalue weighted by atomic mass is 9.95. The van der Waals surface area contributed by atoms with Crippen molar-refractivity contribution in [1.29, 1.82) is 0 Å². The molecule has 1 unspecified atom stereocenters. The molecule has 6 nitrogen and oxygen atoms in total. The minimum atomic E-state index is -0.276. The molecule has 0 radical (unpaired) electrons. The number of carbonyl (C=O) groups is 2. The zero-order chi connectivity index (χ0) is 21.3. The first-order chi connectivity index (χ1) is 14.6. The Bertz CT molecular complexity index is 839. The predicted molar refractivity (Wildman–Crippen MR) is 119 cm³/mol. The number of piperidine rings is 1. The van der Waals surface area contributed by atoms with Crippen molar-refractivity contribution in [2.45, 2.75) is 52.5 Å². The largest absolute Gasteiger partial charge is 0.466 e. The third kappa shape index (κ3) is 6.08. The molecular weight excluding hydrogens is 378 g/mol. The summed E-state index contributed by atoms with van der Waals surface area (Å²) in [7, 11) is 0. The number of rotatable bonds is 10. The number of amides is 1. The van der Waals surface area contributed by atoms with Crippen molar-refractivity contribution in [2.24, 2.45) is 11.8 Å². The van der Waals surface area contributed by atoms with E-state index in [1.807, 2.05) is 6.92 Å². The maximum atomic E-state index is 12.5. The molecule has 164 valence electrons. The molecule has 1 saturated heterocycles. The van der Waals surface area contributed by atoms with Gasteiger partial charge in [0.1, 0.15) is 0 Å². The fourth-order valence-electron chi connectivity index (χ4n) is 4.28. The van der Waals surface area contributed by atoms with Crippen LogP contribution in [0.5, 0.6) is 0 Å². The molecule has 1 amide bonds. The van der Waals surface area contributed by atoms with Crippen LogP contribution in [-0.4, -0.2) is 42.7 Å². The van der Waals surface area contributed by atoms with Crippen LogP contribution in [0, 0.1) is 11.8 Å². The van der Waals surface area contributed by atoms with Crippen LogP contribution in [-0.2, 0) is 27.3 Å². The van der Waals surface area contributed by atoms with Crippen LogP contribution < -0.4 is 10.6 Å². The fraction of sp³-hybridized carbons (Fsp3) is 0.583. The number of para-hydroxylation sites is 1. The number of nitrogens with zero attached hydrogens (tertiary/aromatic N) is 1. The second kappa shape index (κ2) is 11.2. The van der Waals surface area contributed by atoms with Crippen LogP contribution >= 0.6 is 0 Å². The number of aromatic nitrogens is 1. The molecule has 2 heterocycles. The Morgan fingerprint density at radius 1 is 1.27 bits per heavy atom. The van der Waals surface area contributed by atoms with Crippen molar-refractivity contribution in [3.8, 4) is 0 Å². The lowest BCUT2D eigenvalue weighted by molar-refractivity contribution is -0.143. The summed E-state index contributed by atoms with van der Waals surface area (Å²) >= 11 is 0. The Morgan fingerprint density at radius 3 is 2.80 bits per heavy atom. The molecule has 6 heteroatoms. The van der Waals surface area contributed by atoms with Crippen LogP contribution in [0.25, 0.3) is 10.9 Å². The molecule has 1 aliphatic rings. The SMILES string of the molecule is CCOC(=O)CCNC(=O)C(C)Cc1cn(CCC2CCNCC2)c2ccccc12. The molecule has 3 rings (SSSR count). The van der Waals surface area contributed by atoms with Crippen molar-refractivity contribution in [3.05, 3.63) is 36.0 Å². The van der Waals surface area contributed by atoms with Crippen LogP contribution in [0.2, 0.25) is 0 Å². The normalized spacial score (nSPS) is 15.8. The van der Waals surface area contributed by atoms with Gasteiger partial charge in [-0.15, -0.1) is 0 Å². The van der Waals surface area contributed by atoms with Crippen LogP contribution in [0.15, 0.2) is 30.5 Å². The van der Waals surface area contributed by atoms with Gasteiger partial charge in [0.25, 0.3) is 0 Å². The van der Waals surface area contributed by atoms with Crippen molar-refractivity contribution < 1.29 is 14.3 Å². The van der Waals surface area contributed by atoms with Gasteiger partial charge in [-0.2, -0.15) is 0 Å². The van der Waals surface area contributed by atoms with Crippen LogP contribution in [0.3, 0.4) is 0 Å². The molecule has 30 heavy (non-hydrogen) atoms. The third-order valence-corrected chi connectivity index (χ3v) is 6.02. The lowest BCUT2D eigenvalue weighted by Gasteiger charge is -2.22. The third-order valence-electron chi connectivity index (χ3n) is 6.02. The molecule has 2 aromatic rings. The van der Waals surface area contributed by atoms with Crippen molar-refractivity contribution in [2.75, 3.05) is 26.2 Å². The molecule has 1 atom stereocenters. The van der Waals surface area contributed by atoms with Gasteiger partial charge in [0, 0.05) is 36.1 Å². The molecule has 1 aliphatic heterocycles.